The van der Waals surface area contributed by atoms with E-state index in [9.17, 15) is 4.79 Å². The first-order valence-corrected chi connectivity index (χ1v) is 8.61. The van der Waals surface area contributed by atoms with Gasteiger partial charge in [0, 0.05) is 24.2 Å². The van der Waals surface area contributed by atoms with Gasteiger partial charge in [-0.15, -0.1) is 0 Å². The number of aliphatic imine (C=N–C) groups is 1. The van der Waals surface area contributed by atoms with Gasteiger partial charge in [-0.3, -0.25) is 9.79 Å². The molecule has 1 heterocycles. The van der Waals surface area contributed by atoms with Crippen LogP contribution in [-0.2, 0) is 0 Å². The van der Waals surface area contributed by atoms with Crippen molar-refractivity contribution in [2.45, 2.75) is 33.1 Å². The van der Waals surface area contributed by atoms with E-state index >= 15 is 0 Å². The van der Waals surface area contributed by atoms with E-state index in [2.05, 4.69) is 35.0 Å². The van der Waals surface area contributed by atoms with E-state index in [1.165, 1.54) is 11.1 Å². The van der Waals surface area contributed by atoms with Crippen LogP contribution in [0.4, 0.5) is 5.69 Å². The van der Waals surface area contributed by atoms with Gasteiger partial charge in [0.05, 0.1) is 6.54 Å². The minimum atomic E-state index is 0.129. The van der Waals surface area contributed by atoms with Crippen molar-refractivity contribution in [3.8, 4) is 0 Å². The second-order valence-electron chi connectivity index (χ2n) is 6.47. The maximum absolute atomic E-state index is 12.8. The van der Waals surface area contributed by atoms with Crippen molar-refractivity contribution in [3.05, 3.63) is 65.2 Å². The summed E-state index contributed by atoms with van der Waals surface area (Å²) in [5.41, 5.74) is 4.17. The monoisotopic (exact) mass is 320 g/mol. The molecule has 0 aromatic heterocycles. The van der Waals surface area contributed by atoms with E-state index in [0.717, 1.165) is 42.9 Å². The van der Waals surface area contributed by atoms with Crippen LogP contribution in [0.3, 0.4) is 0 Å². The van der Waals surface area contributed by atoms with Crippen LogP contribution in [0.2, 0.25) is 0 Å². The molecule has 0 fully saturated rings. The molecule has 24 heavy (non-hydrogen) atoms. The minimum Gasteiger partial charge on any atom is -0.322 e. The van der Waals surface area contributed by atoms with Gasteiger partial charge in [-0.2, -0.15) is 0 Å². The Morgan fingerprint density at radius 3 is 2.50 bits per heavy atom. The number of benzene rings is 2. The van der Waals surface area contributed by atoms with Gasteiger partial charge in [0.25, 0.3) is 0 Å². The van der Waals surface area contributed by atoms with Crippen LogP contribution >= 0.6 is 0 Å². The average molecular weight is 320 g/mol. The summed E-state index contributed by atoms with van der Waals surface area (Å²) in [6.45, 7) is 5.30. The van der Waals surface area contributed by atoms with Crippen molar-refractivity contribution in [2.24, 2.45) is 4.99 Å². The second kappa shape index (κ2) is 7.43. The van der Waals surface area contributed by atoms with Gasteiger partial charge in [-0.05, 0) is 44.4 Å². The zero-order valence-electron chi connectivity index (χ0n) is 14.5. The van der Waals surface area contributed by atoms with Crippen LogP contribution in [-0.4, -0.2) is 24.7 Å². The lowest BCUT2D eigenvalue weighted by atomic mass is 10.1. The Morgan fingerprint density at radius 2 is 1.83 bits per heavy atom. The van der Waals surface area contributed by atoms with E-state index in [0.29, 0.717) is 6.54 Å². The third-order valence-corrected chi connectivity index (χ3v) is 4.40. The van der Waals surface area contributed by atoms with Gasteiger partial charge in [0.15, 0.2) is 5.78 Å². The molecule has 124 valence electrons. The Bertz CT molecular complexity index is 747. The Morgan fingerprint density at radius 1 is 1.04 bits per heavy atom. The molecule has 1 aliphatic rings. The van der Waals surface area contributed by atoms with Crippen LogP contribution in [0.25, 0.3) is 0 Å². The maximum atomic E-state index is 12.8. The Hall–Kier alpha value is -2.42. The SMILES string of the molecule is Cc1ccc(C(=O)CN(C2=NCCCC2)c2cccc(C)c2)cc1. The summed E-state index contributed by atoms with van der Waals surface area (Å²) < 4.78 is 0. The number of rotatable bonds is 4. The molecule has 3 heteroatoms. The normalized spacial score (nSPS) is 14.2. The zero-order valence-corrected chi connectivity index (χ0v) is 14.5. The third-order valence-electron chi connectivity index (χ3n) is 4.40. The highest BCUT2D eigenvalue weighted by molar-refractivity contribution is 6.07. The first kappa shape index (κ1) is 16.4. The maximum Gasteiger partial charge on any atom is 0.182 e. The van der Waals surface area contributed by atoms with Crippen LogP contribution in [0.15, 0.2) is 53.5 Å². The molecule has 0 saturated heterocycles. The van der Waals surface area contributed by atoms with Gasteiger partial charge < -0.3 is 4.90 Å². The Kier molecular flexibility index (Phi) is 5.09. The lowest BCUT2D eigenvalue weighted by Gasteiger charge is -2.28. The number of carbonyl (C=O) groups is 1. The topological polar surface area (TPSA) is 32.7 Å². The van der Waals surface area contributed by atoms with E-state index in [1.54, 1.807) is 0 Å². The van der Waals surface area contributed by atoms with Crippen LogP contribution in [0.5, 0.6) is 0 Å². The number of ketones is 1. The number of amidine groups is 1. The van der Waals surface area contributed by atoms with Crippen molar-refractivity contribution in [3.63, 3.8) is 0 Å². The molecular formula is C21H24N2O. The second-order valence-corrected chi connectivity index (χ2v) is 6.47. The van der Waals surface area contributed by atoms with E-state index in [4.69, 9.17) is 0 Å². The zero-order chi connectivity index (χ0) is 16.9. The third kappa shape index (κ3) is 3.91. The highest BCUT2D eigenvalue weighted by atomic mass is 16.1. The number of Topliss-reactive ketones (excluding diaryl/α,β-unsaturated/α-hetero) is 1. The molecule has 3 rings (SSSR count). The lowest BCUT2D eigenvalue weighted by molar-refractivity contribution is 0.100. The standard InChI is InChI=1S/C21H24N2O/c1-16-9-11-18(12-10-16)20(24)15-23(21-8-3-4-13-22-21)19-7-5-6-17(2)14-19/h5-7,9-12,14H,3-4,8,13,15H2,1-2H3. The van der Waals surface area contributed by atoms with E-state index in [1.807, 2.05) is 37.3 Å². The van der Waals surface area contributed by atoms with Crippen molar-refractivity contribution < 1.29 is 4.79 Å². The molecule has 0 amide bonds. The molecule has 0 bridgehead atoms. The fraction of sp³-hybridized carbons (Fsp3) is 0.333. The highest BCUT2D eigenvalue weighted by Gasteiger charge is 2.20. The molecular weight excluding hydrogens is 296 g/mol. The summed E-state index contributed by atoms with van der Waals surface area (Å²) in [4.78, 5) is 19.5. The number of hydrogen-bond acceptors (Lipinski definition) is 3. The minimum absolute atomic E-state index is 0.129. The van der Waals surface area contributed by atoms with Crippen molar-refractivity contribution in [1.82, 2.24) is 0 Å². The molecule has 1 aliphatic heterocycles. The molecule has 0 unspecified atom stereocenters. The fourth-order valence-electron chi connectivity index (χ4n) is 3.00. The number of nitrogens with zero attached hydrogens (tertiary/aromatic N) is 2. The van der Waals surface area contributed by atoms with Gasteiger partial charge >= 0.3 is 0 Å². The first-order chi connectivity index (χ1) is 11.6. The molecule has 0 saturated carbocycles. The largest absolute Gasteiger partial charge is 0.322 e. The van der Waals surface area contributed by atoms with Crippen molar-refractivity contribution in [1.29, 1.82) is 0 Å². The highest BCUT2D eigenvalue weighted by Crippen LogP contribution is 2.21. The summed E-state index contributed by atoms with van der Waals surface area (Å²) in [5, 5.41) is 0. The Labute approximate surface area is 144 Å². The molecule has 0 N–H and O–H groups in total. The molecule has 2 aromatic carbocycles. The van der Waals surface area contributed by atoms with Crippen molar-refractivity contribution >= 4 is 17.3 Å². The van der Waals surface area contributed by atoms with Crippen LogP contribution in [0, 0.1) is 13.8 Å². The first-order valence-electron chi connectivity index (χ1n) is 8.61. The van der Waals surface area contributed by atoms with Gasteiger partial charge in [0.1, 0.15) is 5.84 Å². The van der Waals surface area contributed by atoms with Gasteiger partial charge in [-0.1, -0.05) is 42.0 Å². The quantitative estimate of drug-likeness (QED) is 0.773. The molecule has 0 spiro atoms. The lowest BCUT2D eigenvalue weighted by Crippen LogP contribution is -2.37. The number of aryl methyl sites for hydroxylation is 2. The summed E-state index contributed by atoms with van der Waals surface area (Å²) in [6, 6.07) is 16.1. The fourth-order valence-corrected chi connectivity index (χ4v) is 3.00. The molecule has 0 radical (unpaired) electrons. The number of hydrogen-bond donors (Lipinski definition) is 0. The summed E-state index contributed by atoms with van der Waals surface area (Å²) in [6.07, 6.45) is 3.21. The van der Waals surface area contributed by atoms with Crippen LogP contribution in [0.1, 0.15) is 40.7 Å². The van der Waals surface area contributed by atoms with Gasteiger partial charge in [-0.25, -0.2) is 0 Å². The van der Waals surface area contributed by atoms with Crippen molar-refractivity contribution in [2.75, 3.05) is 18.0 Å². The smallest absolute Gasteiger partial charge is 0.182 e. The van der Waals surface area contributed by atoms with Crippen LogP contribution < -0.4 is 4.90 Å². The van der Waals surface area contributed by atoms with E-state index in [-0.39, 0.29) is 5.78 Å². The molecule has 0 atom stereocenters. The molecule has 3 nitrogen and oxygen atoms in total. The summed E-state index contributed by atoms with van der Waals surface area (Å²) in [5.74, 6) is 1.16. The van der Waals surface area contributed by atoms with Gasteiger partial charge in [0.2, 0.25) is 0 Å². The van der Waals surface area contributed by atoms with E-state index < -0.39 is 0 Å². The molecule has 2 aromatic rings. The number of carbonyl (C=O) groups excluding carboxylic acids is 1. The number of anilines is 1. The summed E-state index contributed by atoms with van der Waals surface area (Å²) in [7, 11) is 0. The molecule has 0 aliphatic carbocycles. The Balaban J connectivity index is 1.88. The summed E-state index contributed by atoms with van der Waals surface area (Å²) >= 11 is 0. The predicted molar refractivity (Wildman–Crippen MR) is 100 cm³/mol. The average Bonchev–Trinajstić information content (AvgIpc) is 2.61. The predicted octanol–water partition coefficient (Wildman–Crippen LogP) is 4.58.